The lowest BCUT2D eigenvalue weighted by atomic mass is 10.1. The molecule has 0 fully saturated rings. The third kappa shape index (κ3) is 6.67. The fourth-order valence-electron chi connectivity index (χ4n) is 3.79. The van der Waals surface area contributed by atoms with E-state index in [4.69, 9.17) is 9.47 Å². The maximum absolute atomic E-state index is 12.8. The number of nitrogens with zero attached hydrogens (tertiary/aromatic N) is 2. The molecule has 0 spiro atoms. The van der Waals surface area contributed by atoms with Crippen molar-refractivity contribution in [3.63, 3.8) is 0 Å². The number of carbonyl (C=O) groups is 2. The Bertz CT molecular complexity index is 1440. The van der Waals surface area contributed by atoms with Crippen LogP contribution in [-0.2, 0) is 17.9 Å². The Hall–Kier alpha value is -4.85. The van der Waals surface area contributed by atoms with Crippen molar-refractivity contribution in [3.8, 4) is 11.5 Å². The molecule has 1 heterocycles. The zero-order valence-electron chi connectivity index (χ0n) is 21.6. The van der Waals surface area contributed by atoms with Crippen molar-refractivity contribution in [2.75, 3.05) is 17.7 Å². The zero-order valence-corrected chi connectivity index (χ0v) is 21.6. The molecule has 0 aliphatic carbocycles. The maximum Gasteiger partial charge on any atom is 0.278 e. The molecule has 1 aromatic heterocycles. The first-order chi connectivity index (χ1) is 18.5. The molecule has 194 valence electrons. The van der Waals surface area contributed by atoms with Gasteiger partial charge in [0.1, 0.15) is 18.1 Å². The molecule has 0 unspecified atom stereocenters. The smallest absolute Gasteiger partial charge is 0.278 e. The van der Waals surface area contributed by atoms with E-state index in [1.165, 1.54) is 6.08 Å². The van der Waals surface area contributed by atoms with Crippen molar-refractivity contribution < 1.29 is 19.1 Å². The van der Waals surface area contributed by atoms with Crippen LogP contribution in [0, 0.1) is 6.92 Å². The van der Waals surface area contributed by atoms with E-state index >= 15 is 0 Å². The van der Waals surface area contributed by atoms with E-state index in [0.29, 0.717) is 30.3 Å². The number of aryl methyl sites for hydroxylation is 2. The summed E-state index contributed by atoms with van der Waals surface area (Å²) in [4.78, 5) is 25.6. The van der Waals surface area contributed by atoms with Crippen molar-refractivity contribution in [3.05, 3.63) is 107 Å². The molecular formula is C30H30N4O4. The number of hydrogen-bond acceptors (Lipinski definition) is 5. The van der Waals surface area contributed by atoms with Gasteiger partial charge in [0.25, 0.3) is 5.91 Å². The lowest BCUT2D eigenvalue weighted by Gasteiger charge is -2.12. The van der Waals surface area contributed by atoms with Crippen LogP contribution in [0.3, 0.4) is 0 Å². The topological polar surface area (TPSA) is 94.5 Å². The second-order valence-electron chi connectivity index (χ2n) is 8.52. The number of aromatic nitrogens is 2. The summed E-state index contributed by atoms with van der Waals surface area (Å²) in [6.45, 7) is 4.77. The molecule has 0 saturated heterocycles. The van der Waals surface area contributed by atoms with Gasteiger partial charge in [0.15, 0.2) is 5.69 Å². The molecular weight excluding hydrogens is 480 g/mol. The Labute approximate surface area is 221 Å². The number of nitrogens with one attached hydrogen (secondary N) is 2. The number of amides is 2. The minimum atomic E-state index is -0.406. The normalized spacial score (nSPS) is 10.8. The fourth-order valence-corrected chi connectivity index (χ4v) is 3.79. The van der Waals surface area contributed by atoms with Crippen molar-refractivity contribution in [2.24, 2.45) is 0 Å². The molecule has 0 saturated carbocycles. The largest absolute Gasteiger partial charge is 0.496 e. The van der Waals surface area contributed by atoms with Gasteiger partial charge in [0.05, 0.1) is 12.8 Å². The van der Waals surface area contributed by atoms with Crippen molar-refractivity contribution >= 4 is 29.3 Å². The lowest BCUT2D eigenvalue weighted by Crippen LogP contribution is -2.17. The summed E-state index contributed by atoms with van der Waals surface area (Å²) in [7, 11) is 1.61. The van der Waals surface area contributed by atoms with E-state index in [2.05, 4.69) is 15.7 Å². The van der Waals surface area contributed by atoms with Crippen molar-refractivity contribution in [1.29, 1.82) is 0 Å². The Morgan fingerprint density at radius 3 is 2.47 bits per heavy atom. The minimum Gasteiger partial charge on any atom is -0.496 e. The van der Waals surface area contributed by atoms with Gasteiger partial charge in [0, 0.05) is 30.1 Å². The molecule has 0 radical (unpaired) electrons. The molecule has 4 rings (SSSR count). The number of hydrogen-bond donors (Lipinski definition) is 2. The Morgan fingerprint density at radius 2 is 1.74 bits per heavy atom. The van der Waals surface area contributed by atoms with E-state index in [9.17, 15) is 9.59 Å². The first-order valence-electron chi connectivity index (χ1n) is 12.2. The van der Waals surface area contributed by atoms with Crippen molar-refractivity contribution in [1.82, 2.24) is 9.78 Å². The highest BCUT2D eigenvalue weighted by molar-refractivity contribution is 6.10. The zero-order chi connectivity index (χ0) is 26.9. The molecule has 3 aromatic carbocycles. The summed E-state index contributed by atoms with van der Waals surface area (Å²) in [5, 5.41) is 9.89. The number of ether oxygens (including phenoxy) is 2. The van der Waals surface area contributed by atoms with E-state index in [1.54, 1.807) is 36.2 Å². The van der Waals surface area contributed by atoms with E-state index < -0.39 is 5.91 Å². The van der Waals surface area contributed by atoms with Crippen LogP contribution in [0.25, 0.3) is 6.08 Å². The quantitative estimate of drug-likeness (QED) is 0.267. The van der Waals surface area contributed by atoms with Gasteiger partial charge in [-0.05, 0) is 61.4 Å². The van der Waals surface area contributed by atoms with Gasteiger partial charge in [0.2, 0.25) is 5.91 Å². The summed E-state index contributed by atoms with van der Waals surface area (Å²) in [6, 6.07) is 22.5. The summed E-state index contributed by atoms with van der Waals surface area (Å²) < 4.78 is 13.1. The van der Waals surface area contributed by atoms with Gasteiger partial charge in [-0.25, -0.2) is 0 Å². The number of anilines is 2. The predicted molar refractivity (Wildman–Crippen MR) is 148 cm³/mol. The molecule has 8 nitrogen and oxygen atoms in total. The molecule has 0 aliphatic heterocycles. The van der Waals surface area contributed by atoms with E-state index in [0.717, 1.165) is 22.4 Å². The van der Waals surface area contributed by atoms with Gasteiger partial charge >= 0.3 is 0 Å². The first-order valence-corrected chi connectivity index (χ1v) is 12.2. The lowest BCUT2D eigenvalue weighted by molar-refractivity contribution is -0.111. The third-order valence-electron chi connectivity index (χ3n) is 5.80. The van der Waals surface area contributed by atoms with Gasteiger partial charge in [-0.2, -0.15) is 5.10 Å². The maximum atomic E-state index is 12.8. The van der Waals surface area contributed by atoms with Crippen LogP contribution in [0.15, 0.2) is 85.1 Å². The molecule has 4 aromatic rings. The SMILES string of the molecule is CCn1cc(NC(=O)/C=C/c2ccc(OC)c(COc3ccccc3C)c2)c(C(=O)Nc2ccccc2)n1. The van der Waals surface area contributed by atoms with Crippen LogP contribution in [-0.4, -0.2) is 28.7 Å². The van der Waals surface area contributed by atoms with Gasteiger partial charge in [-0.1, -0.05) is 42.5 Å². The molecule has 2 N–H and O–H groups in total. The number of carbonyl (C=O) groups excluding carboxylic acids is 2. The van der Waals surface area contributed by atoms with E-state index in [-0.39, 0.29) is 11.6 Å². The Kier molecular flexibility index (Phi) is 8.56. The van der Waals surface area contributed by atoms with Crippen LogP contribution < -0.4 is 20.1 Å². The Balaban J connectivity index is 1.46. The van der Waals surface area contributed by atoms with Gasteiger partial charge in [-0.15, -0.1) is 0 Å². The number of para-hydroxylation sites is 2. The van der Waals surface area contributed by atoms with Crippen LogP contribution in [0.2, 0.25) is 0 Å². The highest BCUT2D eigenvalue weighted by Gasteiger charge is 2.18. The van der Waals surface area contributed by atoms with Crippen LogP contribution in [0.1, 0.15) is 34.1 Å². The summed E-state index contributed by atoms with van der Waals surface area (Å²) in [6.07, 6.45) is 4.75. The number of benzene rings is 3. The number of rotatable bonds is 10. The first kappa shape index (κ1) is 26.2. The second kappa shape index (κ2) is 12.4. The van der Waals surface area contributed by atoms with E-state index in [1.807, 2.05) is 74.5 Å². The molecule has 0 aliphatic rings. The Morgan fingerprint density at radius 1 is 0.974 bits per heavy atom. The molecule has 38 heavy (non-hydrogen) atoms. The van der Waals surface area contributed by atoms with Crippen LogP contribution >= 0.6 is 0 Å². The highest BCUT2D eigenvalue weighted by atomic mass is 16.5. The summed E-state index contributed by atoms with van der Waals surface area (Å²) in [5.74, 6) is 0.704. The van der Waals surface area contributed by atoms with Crippen LogP contribution in [0.5, 0.6) is 11.5 Å². The standard InChI is InChI=1S/C30H30N4O4/c1-4-34-19-25(29(33-34)30(36)31-24-11-6-5-7-12-24)32-28(35)17-15-22-14-16-27(37-3)23(18-22)20-38-26-13-9-8-10-21(26)2/h5-19H,4,20H2,1-3H3,(H,31,36)(H,32,35)/b17-15+. The molecule has 8 heteroatoms. The predicted octanol–water partition coefficient (Wildman–Crippen LogP) is 5.70. The second-order valence-corrected chi connectivity index (χ2v) is 8.52. The van der Waals surface area contributed by atoms with Crippen molar-refractivity contribution in [2.45, 2.75) is 27.0 Å². The molecule has 2 amide bonds. The highest BCUT2D eigenvalue weighted by Crippen LogP contribution is 2.24. The summed E-state index contributed by atoms with van der Waals surface area (Å²) >= 11 is 0. The monoisotopic (exact) mass is 510 g/mol. The fraction of sp³-hybridized carbons (Fsp3) is 0.167. The van der Waals surface area contributed by atoms with Gasteiger partial charge < -0.3 is 20.1 Å². The minimum absolute atomic E-state index is 0.137. The molecule has 0 atom stereocenters. The third-order valence-corrected chi connectivity index (χ3v) is 5.80. The summed E-state index contributed by atoms with van der Waals surface area (Å²) in [5.41, 5.74) is 3.80. The van der Waals surface area contributed by atoms with Crippen LogP contribution in [0.4, 0.5) is 11.4 Å². The average Bonchev–Trinajstić information content (AvgIpc) is 3.35. The molecule has 0 bridgehead atoms. The average molecular weight is 511 g/mol. The van der Waals surface area contributed by atoms with Gasteiger partial charge in [-0.3, -0.25) is 14.3 Å². The number of methoxy groups -OCH3 is 1.